The summed E-state index contributed by atoms with van der Waals surface area (Å²) in [6.45, 7) is 12.5. The highest BCUT2D eigenvalue weighted by Gasteiger charge is 2.59. The van der Waals surface area contributed by atoms with Crippen molar-refractivity contribution in [3.63, 3.8) is 0 Å². The van der Waals surface area contributed by atoms with Gasteiger partial charge in [0, 0.05) is 11.4 Å². The van der Waals surface area contributed by atoms with Crippen molar-refractivity contribution >= 4 is 17.8 Å². The van der Waals surface area contributed by atoms with E-state index in [2.05, 4.69) is 40.7 Å². The summed E-state index contributed by atoms with van der Waals surface area (Å²) in [6.07, 6.45) is 15.7. The van der Waals surface area contributed by atoms with Crippen LogP contribution >= 0.6 is 11.6 Å². The SMILES string of the molecule is CC(C)CCC[C@@H](C)[C@H]1CCC2C3CC=C4C[C@@H](OC(=O)Oc5cccc(Cl)c5)CC[C@]4(C)C3CC[C@@]21C. The third kappa shape index (κ3) is 5.43. The average molecular weight is 541 g/mol. The van der Waals surface area contributed by atoms with E-state index in [0.717, 1.165) is 54.8 Å². The van der Waals surface area contributed by atoms with Gasteiger partial charge in [0.25, 0.3) is 0 Å². The third-order valence-electron chi connectivity index (χ3n) is 11.5. The van der Waals surface area contributed by atoms with Crippen LogP contribution in [0.5, 0.6) is 5.75 Å². The van der Waals surface area contributed by atoms with Gasteiger partial charge >= 0.3 is 6.16 Å². The van der Waals surface area contributed by atoms with Gasteiger partial charge in [0.15, 0.2) is 0 Å². The van der Waals surface area contributed by atoms with Crippen molar-refractivity contribution in [3.8, 4) is 5.75 Å². The molecule has 3 nitrogen and oxygen atoms in total. The van der Waals surface area contributed by atoms with Crippen molar-refractivity contribution in [3.05, 3.63) is 40.9 Å². The van der Waals surface area contributed by atoms with Gasteiger partial charge in [-0.3, -0.25) is 0 Å². The number of hydrogen-bond acceptors (Lipinski definition) is 3. The molecule has 1 aromatic rings. The van der Waals surface area contributed by atoms with Crippen molar-refractivity contribution in [1.82, 2.24) is 0 Å². The normalized spacial score (nSPS) is 37.0. The van der Waals surface area contributed by atoms with Gasteiger partial charge in [-0.2, -0.15) is 0 Å². The maximum Gasteiger partial charge on any atom is 0.514 e. The van der Waals surface area contributed by atoms with Gasteiger partial charge in [0.1, 0.15) is 11.9 Å². The lowest BCUT2D eigenvalue weighted by molar-refractivity contribution is -0.0597. The van der Waals surface area contributed by atoms with Gasteiger partial charge in [-0.15, -0.1) is 0 Å². The molecule has 0 aliphatic heterocycles. The fourth-order valence-corrected chi connectivity index (χ4v) is 9.72. The minimum absolute atomic E-state index is 0.103. The van der Waals surface area contributed by atoms with E-state index >= 15 is 0 Å². The van der Waals surface area contributed by atoms with E-state index in [1.165, 1.54) is 56.9 Å². The van der Waals surface area contributed by atoms with Gasteiger partial charge in [0.2, 0.25) is 0 Å². The zero-order chi connectivity index (χ0) is 27.1. The molecule has 3 saturated carbocycles. The van der Waals surface area contributed by atoms with E-state index in [1.807, 2.05) is 0 Å². The van der Waals surface area contributed by atoms with Crippen LogP contribution < -0.4 is 4.74 Å². The van der Waals surface area contributed by atoms with Gasteiger partial charge < -0.3 is 9.47 Å². The number of halogens is 1. The maximum atomic E-state index is 12.5. The zero-order valence-electron chi connectivity index (χ0n) is 24.3. The van der Waals surface area contributed by atoms with Crippen molar-refractivity contribution < 1.29 is 14.3 Å². The molecule has 38 heavy (non-hydrogen) atoms. The smallest absolute Gasteiger partial charge is 0.430 e. The molecule has 0 heterocycles. The van der Waals surface area contributed by atoms with Crippen molar-refractivity contribution in [1.29, 1.82) is 0 Å². The highest BCUT2D eigenvalue weighted by molar-refractivity contribution is 6.30. The van der Waals surface area contributed by atoms with E-state index < -0.39 is 6.16 Å². The van der Waals surface area contributed by atoms with Crippen molar-refractivity contribution in [2.45, 2.75) is 111 Å². The molecular weight excluding hydrogens is 492 g/mol. The Morgan fingerprint density at radius 2 is 1.87 bits per heavy atom. The first-order valence-electron chi connectivity index (χ1n) is 15.4. The lowest BCUT2D eigenvalue weighted by atomic mass is 9.47. The predicted octanol–water partition coefficient (Wildman–Crippen LogP) is 10.3. The Kier molecular flexibility index (Phi) is 8.26. The Morgan fingerprint density at radius 1 is 1.05 bits per heavy atom. The summed E-state index contributed by atoms with van der Waals surface area (Å²) < 4.78 is 11.2. The Balaban J connectivity index is 1.22. The molecule has 4 aliphatic rings. The van der Waals surface area contributed by atoms with E-state index in [1.54, 1.807) is 24.3 Å². The maximum absolute atomic E-state index is 12.5. The van der Waals surface area contributed by atoms with E-state index in [9.17, 15) is 4.79 Å². The van der Waals surface area contributed by atoms with Crippen molar-refractivity contribution in [2.24, 2.45) is 46.3 Å². The number of hydrogen-bond donors (Lipinski definition) is 0. The molecule has 0 saturated heterocycles. The fraction of sp³-hybridized carbons (Fsp3) is 0.735. The number of rotatable bonds is 7. The summed E-state index contributed by atoms with van der Waals surface area (Å²) in [7, 11) is 0. The highest BCUT2D eigenvalue weighted by atomic mass is 35.5. The zero-order valence-corrected chi connectivity index (χ0v) is 25.1. The number of ether oxygens (including phenoxy) is 2. The molecule has 210 valence electrons. The van der Waals surface area contributed by atoms with E-state index in [0.29, 0.717) is 16.2 Å². The minimum atomic E-state index is -0.622. The molecule has 5 rings (SSSR count). The van der Waals surface area contributed by atoms with Crippen LogP contribution in [0.1, 0.15) is 105 Å². The molecule has 3 unspecified atom stereocenters. The molecule has 0 spiro atoms. The van der Waals surface area contributed by atoms with Gasteiger partial charge in [-0.25, -0.2) is 4.79 Å². The summed E-state index contributed by atoms with van der Waals surface area (Å²) in [5, 5.41) is 0.545. The lowest BCUT2D eigenvalue weighted by Gasteiger charge is -2.58. The van der Waals surface area contributed by atoms with Crippen LogP contribution in [0.3, 0.4) is 0 Å². The summed E-state index contributed by atoms with van der Waals surface area (Å²) in [5.74, 6) is 5.46. The standard InChI is InChI=1S/C34H49ClO3/c1-22(2)8-6-9-23(3)29-14-15-30-28-13-12-24-20-27(38-32(36)37-26-11-7-10-25(35)21-26)16-18-33(24,4)31(28)17-19-34(29,30)5/h7,10-12,21-23,27-31H,6,8-9,13-20H2,1-5H3/t23-,27+,28?,29-,30?,31?,33+,34-/m1/s1. The fourth-order valence-electron chi connectivity index (χ4n) is 9.54. The summed E-state index contributed by atoms with van der Waals surface area (Å²) in [4.78, 5) is 12.5. The van der Waals surface area contributed by atoms with Crippen LogP contribution in [-0.4, -0.2) is 12.3 Å². The average Bonchev–Trinajstić information content (AvgIpc) is 3.21. The van der Waals surface area contributed by atoms with Crippen LogP contribution in [0, 0.1) is 46.3 Å². The summed E-state index contributed by atoms with van der Waals surface area (Å²) in [6, 6.07) is 6.90. The summed E-state index contributed by atoms with van der Waals surface area (Å²) in [5.41, 5.74) is 2.30. The second kappa shape index (κ2) is 11.2. The first-order chi connectivity index (χ1) is 18.1. The largest absolute Gasteiger partial charge is 0.514 e. The lowest BCUT2D eigenvalue weighted by Crippen LogP contribution is -2.51. The number of carbonyl (C=O) groups excluding carboxylic acids is 1. The van der Waals surface area contributed by atoms with Crippen LogP contribution in [-0.2, 0) is 4.74 Å². The molecule has 0 radical (unpaired) electrons. The Hall–Kier alpha value is -1.48. The monoisotopic (exact) mass is 540 g/mol. The molecule has 0 aromatic heterocycles. The topological polar surface area (TPSA) is 35.5 Å². The quantitative estimate of drug-likeness (QED) is 0.196. The van der Waals surface area contributed by atoms with Crippen LogP contribution in [0.4, 0.5) is 4.79 Å². The molecular formula is C34H49ClO3. The van der Waals surface area contributed by atoms with Gasteiger partial charge in [-0.05, 0) is 109 Å². The number of benzene rings is 1. The molecule has 4 aliphatic carbocycles. The summed E-state index contributed by atoms with van der Waals surface area (Å²) >= 11 is 6.02. The molecule has 3 fully saturated rings. The minimum Gasteiger partial charge on any atom is -0.430 e. The molecule has 0 amide bonds. The van der Waals surface area contributed by atoms with Crippen LogP contribution in [0.15, 0.2) is 35.9 Å². The van der Waals surface area contributed by atoms with Crippen LogP contribution in [0.2, 0.25) is 5.02 Å². The number of allylic oxidation sites excluding steroid dienone is 1. The first kappa shape index (κ1) is 28.1. The van der Waals surface area contributed by atoms with E-state index in [-0.39, 0.29) is 11.5 Å². The molecule has 4 heteroatoms. The second-order valence-electron chi connectivity index (χ2n) is 14.1. The number of carbonyl (C=O) groups is 1. The van der Waals surface area contributed by atoms with Gasteiger partial charge in [0.05, 0.1) is 0 Å². The van der Waals surface area contributed by atoms with Crippen molar-refractivity contribution in [2.75, 3.05) is 0 Å². The second-order valence-corrected chi connectivity index (χ2v) is 14.5. The Bertz CT molecular complexity index is 1030. The highest BCUT2D eigenvalue weighted by Crippen LogP contribution is 2.67. The van der Waals surface area contributed by atoms with Crippen LogP contribution in [0.25, 0.3) is 0 Å². The van der Waals surface area contributed by atoms with Gasteiger partial charge in [-0.1, -0.05) is 83.2 Å². The Labute approximate surface area is 236 Å². The first-order valence-corrected chi connectivity index (χ1v) is 15.8. The number of fused-ring (bicyclic) bond motifs is 5. The Morgan fingerprint density at radius 3 is 2.63 bits per heavy atom. The molecule has 1 aromatic carbocycles. The molecule has 0 N–H and O–H groups in total. The predicted molar refractivity (Wildman–Crippen MR) is 155 cm³/mol. The third-order valence-corrected chi connectivity index (χ3v) is 11.8. The molecule has 8 atom stereocenters. The molecule has 0 bridgehead atoms. The van der Waals surface area contributed by atoms with E-state index in [4.69, 9.17) is 21.1 Å².